The molecule has 108 valence electrons. The van der Waals surface area contributed by atoms with Gasteiger partial charge in [0.2, 0.25) is 9.05 Å². The lowest BCUT2D eigenvalue weighted by Gasteiger charge is -2.32. The van der Waals surface area contributed by atoms with E-state index in [0.717, 1.165) is 0 Å². The molecule has 0 aliphatic carbocycles. The third kappa shape index (κ3) is 3.10. The van der Waals surface area contributed by atoms with E-state index >= 15 is 0 Å². The lowest BCUT2D eigenvalue weighted by atomic mass is 10.1. The van der Waals surface area contributed by atoms with Gasteiger partial charge in [-0.25, -0.2) is 8.42 Å². The fraction of sp³-hybridized carbons (Fsp3) is 0.333. The van der Waals surface area contributed by atoms with Crippen LogP contribution in [0.5, 0.6) is 0 Å². The van der Waals surface area contributed by atoms with Gasteiger partial charge < -0.3 is 9.80 Å². The van der Waals surface area contributed by atoms with Gasteiger partial charge in [-0.3, -0.25) is 9.59 Å². The lowest BCUT2D eigenvalue weighted by Crippen LogP contribution is -2.53. The van der Waals surface area contributed by atoms with Crippen molar-refractivity contribution in [1.29, 1.82) is 0 Å². The van der Waals surface area contributed by atoms with E-state index in [0.29, 0.717) is 24.3 Å². The molecule has 1 aromatic carbocycles. The van der Waals surface area contributed by atoms with Crippen LogP contribution in [0.4, 0.5) is 5.69 Å². The van der Waals surface area contributed by atoms with Crippen LogP contribution in [0.15, 0.2) is 24.3 Å². The molecule has 0 unspecified atom stereocenters. The lowest BCUT2D eigenvalue weighted by molar-refractivity contribution is -0.145. The van der Waals surface area contributed by atoms with Crippen LogP contribution in [0, 0.1) is 0 Å². The molecule has 1 aliphatic heterocycles. The molecule has 1 aliphatic rings. The van der Waals surface area contributed by atoms with Gasteiger partial charge in [-0.05, 0) is 11.6 Å². The second-order valence-electron chi connectivity index (χ2n) is 4.50. The van der Waals surface area contributed by atoms with Crippen LogP contribution in [0.25, 0.3) is 0 Å². The molecular formula is C12H13ClN2O4S. The normalized spacial score (nSPS) is 16.7. The largest absolute Gasteiger partial charge is 0.336 e. The Hall–Kier alpha value is -1.60. The molecule has 0 saturated carbocycles. The Balaban J connectivity index is 2.38. The number of carbonyl (C=O) groups excluding carboxylic acids is 2. The summed E-state index contributed by atoms with van der Waals surface area (Å²) in [7, 11) is 3.07. The maximum Gasteiger partial charge on any atom is 0.316 e. The van der Waals surface area contributed by atoms with Crippen LogP contribution in [-0.2, 0) is 24.4 Å². The highest BCUT2D eigenvalue weighted by Crippen LogP contribution is 2.25. The zero-order valence-electron chi connectivity index (χ0n) is 10.7. The van der Waals surface area contributed by atoms with E-state index in [1.54, 1.807) is 31.3 Å². The first-order valence-electron chi connectivity index (χ1n) is 5.87. The molecule has 0 bridgehead atoms. The fourth-order valence-electron chi connectivity index (χ4n) is 2.04. The van der Waals surface area contributed by atoms with Crippen LogP contribution < -0.4 is 4.90 Å². The van der Waals surface area contributed by atoms with Gasteiger partial charge in [0.05, 0.1) is 5.75 Å². The maximum atomic E-state index is 12.0. The van der Waals surface area contributed by atoms with Crippen molar-refractivity contribution in [2.45, 2.75) is 5.75 Å². The molecule has 0 atom stereocenters. The third-order valence-electron chi connectivity index (χ3n) is 3.04. The predicted octanol–water partition coefficient (Wildman–Crippen LogP) is 0.560. The molecule has 0 radical (unpaired) electrons. The first-order valence-corrected chi connectivity index (χ1v) is 8.34. The first-order chi connectivity index (χ1) is 9.29. The standard InChI is InChI=1S/C12H13ClN2O4S/c1-14-6-7-15(12(17)11(14)16)10-5-3-2-4-9(10)8-20(13,18)19/h2-5H,6-8H2,1H3. The number of hydrogen-bond acceptors (Lipinski definition) is 4. The van der Waals surface area contributed by atoms with Gasteiger partial charge in [-0.1, -0.05) is 18.2 Å². The minimum atomic E-state index is -3.74. The maximum absolute atomic E-state index is 12.0. The average molecular weight is 317 g/mol. The summed E-state index contributed by atoms with van der Waals surface area (Å²) in [5.41, 5.74) is 0.802. The Bertz CT molecular complexity index is 659. The number of nitrogens with zero attached hydrogens (tertiary/aromatic N) is 2. The molecule has 1 aromatic rings. The van der Waals surface area contributed by atoms with Crippen molar-refractivity contribution in [2.24, 2.45) is 0 Å². The Morgan fingerprint density at radius 3 is 2.45 bits per heavy atom. The van der Waals surface area contributed by atoms with Gasteiger partial charge in [0.15, 0.2) is 0 Å². The number of amides is 2. The fourth-order valence-corrected chi connectivity index (χ4v) is 3.01. The molecule has 20 heavy (non-hydrogen) atoms. The van der Waals surface area contributed by atoms with Crippen molar-refractivity contribution in [3.8, 4) is 0 Å². The molecule has 8 heteroatoms. The molecule has 0 aromatic heterocycles. The number of hydrogen-bond donors (Lipinski definition) is 0. The van der Waals surface area contributed by atoms with E-state index in [-0.39, 0.29) is 0 Å². The smallest absolute Gasteiger partial charge is 0.316 e. The number of piperazine rings is 1. The summed E-state index contributed by atoms with van der Waals surface area (Å²) in [6.07, 6.45) is 0. The highest BCUT2D eigenvalue weighted by Gasteiger charge is 2.32. The number of benzene rings is 1. The van der Waals surface area contributed by atoms with Gasteiger partial charge in [0, 0.05) is 36.5 Å². The van der Waals surface area contributed by atoms with Crippen molar-refractivity contribution in [3.05, 3.63) is 29.8 Å². The number of anilines is 1. The van der Waals surface area contributed by atoms with Gasteiger partial charge >= 0.3 is 11.8 Å². The molecule has 1 fully saturated rings. The van der Waals surface area contributed by atoms with Gasteiger partial charge in [0.1, 0.15) is 0 Å². The van der Waals surface area contributed by atoms with E-state index in [1.165, 1.54) is 9.80 Å². The molecule has 0 spiro atoms. The van der Waals surface area contributed by atoms with Gasteiger partial charge in [-0.15, -0.1) is 0 Å². The van der Waals surface area contributed by atoms with Crippen molar-refractivity contribution < 1.29 is 18.0 Å². The summed E-state index contributed by atoms with van der Waals surface area (Å²) in [5, 5.41) is 0. The number of halogens is 1. The predicted molar refractivity (Wildman–Crippen MR) is 74.9 cm³/mol. The van der Waals surface area contributed by atoms with Crippen LogP contribution in [0.1, 0.15) is 5.56 Å². The number of para-hydroxylation sites is 1. The molecule has 2 amide bonds. The van der Waals surface area contributed by atoms with E-state index in [2.05, 4.69) is 0 Å². The van der Waals surface area contributed by atoms with E-state index < -0.39 is 26.6 Å². The molecular weight excluding hydrogens is 304 g/mol. The molecule has 1 saturated heterocycles. The average Bonchev–Trinajstić information content (AvgIpc) is 2.36. The van der Waals surface area contributed by atoms with Crippen molar-refractivity contribution in [3.63, 3.8) is 0 Å². The Morgan fingerprint density at radius 2 is 1.80 bits per heavy atom. The first kappa shape index (κ1) is 14.8. The second-order valence-corrected chi connectivity index (χ2v) is 7.27. The molecule has 2 rings (SSSR count). The highest BCUT2D eigenvalue weighted by atomic mass is 35.7. The molecule has 0 N–H and O–H groups in total. The number of carbonyl (C=O) groups is 2. The van der Waals surface area contributed by atoms with Crippen LogP contribution >= 0.6 is 10.7 Å². The molecule has 6 nitrogen and oxygen atoms in total. The van der Waals surface area contributed by atoms with Crippen molar-refractivity contribution in [1.82, 2.24) is 4.90 Å². The minimum absolute atomic E-state index is 0.320. The molecule has 1 heterocycles. The van der Waals surface area contributed by atoms with Crippen molar-refractivity contribution >= 4 is 37.2 Å². The SMILES string of the molecule is CN1CCN(c2ccccc2CS(=O)(=O)Cl)C(=O)C1=O. The monoisotopic (exact) mass is 316 g/mol. The zero-order valence-corrected chi connectivity index (χ0v) is 12.3. The topological polar surface area (TPSA) is 74.8 Å². The Kier molecular flexibility index (Phi) is 4.01. The summed E-state index contributed by atoms with van der Waals surface area (Å²) in [6, 6.07) is 6.51. The number of rotatable bonds is 3. The Labute approximate surface area is 121 Å². The quantitative estimate of drug-likeness (QED) is 0.603. The van der Waals surface area contributed by atoms with Gasteiger partial charge in [-0.2, -0.15) is 0 Å². The second kappa shape index (κ2) is 5.41. The summed E-state index contributed by atoms with van der Waals surface area (Å²) in [4.78, 5) is 26.3. The third-order valence-corrected chi connectivity index (χ3v) is 4.03. The van der Waals surface area contributed by atoms with E-state index in [9.17, 15) is 18.0 Å². The minimum Gasteiger partial charge on any atom is -0.336 e. The van der Waals surface area contributed by atoms with E-state index in [1.807, 2.05) is 0 Å². The van der Waals surface area contributed by atoms with E-state index in [4.69, 9.17) is 10.7 Å². The number of likely N-dealkylation sites (N-methyl/N-ethyl adjacent to an activating group) is 1. The van der Waals surface area contributed by atoms with Crippen LogP contribution in [0.3, 0.4) is 0 Å². The van der Waals surface area contributed by atoms with Gasteiger partial charge in [0.25, 0.3) is 0 Å². The zero-order chi connectivity index (χ0) is 14.9. The van der Waals surface area contributed by atoms with Crippen LogP contribution in [0.2, 0.25) is 0 Å². The summed E-state index contributed by atoms with van der Waals surface area (Å²) >= 11 is 0. The summed E-state index contributed by atoms with van der Waals surface area (Å²) in [5.74, 6) is -1.67. The van der Waals surface area contributed by atoms with Crippen molar-refractivity contribution in [2.75, 3.05) is 25.0 Å². The van der Waals surface area contributed by atoms with Crippen LogP contribution in [-0.4, -0.2) is 45.3 Å². The highest BCUT2D eigenvalue weighted by molar-refractivity contribution is 8.13. The summed E-state index contributed by atoms with van der Waals surface area (Å²) < 4.78 is 22.4. The Morgan fingerprint density at radius 1 is 1.15 bits per heavy atom. The summed E-state index contributed by atoms with van der Waals surface area (Å²) in [6.45, 7) is 0.715.